The predicted octanol–water partition coefficient (Wildman–Crippen LogP) is 2.56. The highest BCUT2D eigenvalue weighted by Gasteiger charge is 2.13. The van der Waals surface area contributed by atoms with E-state index in [1.54, 1.807) is 24.3 Å². The molecule has 1 aromatic rings. The average molecular weight is 315 g/mol. The second kappa shape index (κ2) is 7.55. The van der Waals surface area contributed by atoms with Crippen LogP contribution in [0.15, 0.2) is 24.3 Å². The summed E-state index contributed by atoms with van der Waals surface area (Å²) in [5.74, 6) is -0.166. The van der Waals surface area contributed by atoms with E-state index in [0.29, 0.717) is 10.8 Å². The van der Waals surface area contributed by atoms with E-state index in [9.17, 15) is 9.59 Å². The van der Waals surface area contributed by atoms with Crippen LogP contribution < -0.4 is 10.9 Å². The average Bonchev–Trinajstić information content (AvgIpc) is 2.36. The number of nitrogens with one attached hydrogen (secondary N) is 2. The van der Waals surface area contributed by atoms with E-state index >= 15 is 0 Å². The van der Waals surface area contributed by atoms with Crippen molar-refractivity contribution in [2.75, 3.05) is 5.75 Å². The Morgan fingerprint density at radius 1 is 1.10 bits per heavy atom. The van der Waals surface area contributed by atoms with Crippen molar-refractivity contribution >= 4 is 35.2 Å². The van der Waals surface area contributed by atoms with Crippen LogP contribution in [0.5, 0.6) is 0 Å². The van der Waals surface area contributed by atoms with Crippen molar-refractivity contribution in [1.29, 1.82) is 0 Å². The van der Waals surface area contributed by atoms with Gasteiger partial charge in [0, 0.05) is 9.77 Å². The first-order valence-electron chi connectivity index (χ1n) is 6.22. The van der Waals surface area contributed by atoms with Gasteiger partial charge in [-0.25, -0.2) is 0 Å². The van der Waals surface area contributed by atoms with Gasteiger partial charge >= 0.3 is 0 Å². The van der Waals surface area contributed by atoms with E-state index in [-0.39, 0.29) is 23.0 Å². The van der Waals surface area contributed by atoms with E-state index in [0.717, 1.165) is 5.56 Å². The summed E-state index contributed by atoms with van der Waals surface area (Å²) in [6.45, 7) is 6.10. The Hall–Kier alpha value is -1.20. The summed E-state index contributed by atoms with van der Waals surface area (Å²) >= 11 is 7.28. The largest absolute Gasteiger partial charge is 0.273 e. The molecule has 0 fully saturated rings. The fraction of sp³-hybridized carbons (Fsp3) is 0.429. The Bertz CT molecular complexity index is 469. The molecule has 0 bridgehead atoms. The lowest BCUT2D eigenvalue weighted by molar-refractivity contribution is -0.127. The lowest BCUT2D eigenvalue weighted by Crippen LogP contribution is -2.43. The van der Waals surface area contributed by atoms with Crippen LogP contribution in [0.2, 0.25) is 5.02 Å². The van der Waals surface area contributed by atoms with Crippen LogP contribution in [0, 0.1) is 0 Å². The Labute approximate surface area is 128 Å². The minimum atomic E-state index is -0.263. The topological polar surface area (TPSA) is 58.2 Å². The smallest absolute Gasteiger partial charge is 0.248 e. The molecule has 0 aliphatic carbocycles. The molecule has 2 N–H and O–H groups in total. The number of carbonyl (C=O) groups is 2. The van der Waals surface area contributed by atoms with Gasteiger partial charge in [0.05, 0.1) is 12.2 Å². The fourth-order valence-electron chi connectivity index (χ4n) is 1.29. The molecule has 0 saturated heterocycles. The van der Waals surface area contributed by atoms with Crippen LogP contribution in [0.25, 0.3) is 0 Å². The first-order chi connectivity index (χ1) is 9.26. The van der Waals surface area contributed by atoms with Gasteiger partial charge in [-0.05, 0) is 17.7 Å². The molecule has 0 aromatic heterocycles. The zero-order valence-corrected chi connectivity index (χ0v) is 13.4. The zero-order chi connectivity index (χ0) is 15.2. The van der Waals surface area contributed by atoms with Crippen LogP contribution in [0.3, 0.4) is 0 Å². The molecule has 0 saturated carbocycles. The third-order valence-electron chi connectivity index (χ3n) is 2.26. The van der Waals surface area contributed by atoms with Crippen LogP contribution >= 0.6 is 23.4 Å². The van der Waals surface area contributed by atoms with Crippen molar-refractivity contribution in [2.24, 2.45) is 0 Å². The van der Waals surface area contributed by atoms with Gasteiger partial charge in [-0.3, -0.25) is 20.4 Å². The Morgan fingerprint density at radius 2 is 1.65 bits per heavy atom. The summed E-state index contributed by atoms with van der Waals surface area (Å²) in [7, 11) is 0. The van der Waals surface area contributed by atoms with Gasteiger partial charge in [0.2, 0.25) is 11.8 Å². The predicted molar refractivity (Wildman–Crippen MR) is 83.7 cm³/mol. The lowest BCUT2D eigenvalue weighted by atomic mass is 10.1. The van der Waals surface area contributed by atoms with E-state index in [2.05, 4.69) is 10.9 Å². The normalized spacial score (nSPS) is 11.0. The first kappa shape index (κ1) is 16.9. The number of rotatable bonds is 4. The number of benzene rings is 1. The van der Waals surface area contributed by atoms with Gasteiger partial charge in [0.25, 0.3) is 0 Å². The standard InChI is InChI=1S/C14H19ClN2O2S/c1-14(2,3)20-9-13(19)17-16-12(18)8-10-4-6-11(15)7-5-10/h4-7H,8-9H2,1-3H3,(H,16,18)(H,17,19). The van der Waals surface area contributed by atoms with Crippen molar-refractivity contribution in [3.05, 3.63) is 34.9 Å². The maximum atomic E-state index is 11.6. The molecule has 6 heteroatoms. The molecule has 110 valence electrons. The summed E-state index contributed by atoms with van der Waals surface area (Å²) < 4.78 is 0.0185. The number of amides is 2. The summed E-state index contributed by atoms with van der Waals surface area (Å²) in [5.41, 5.74) is 5.64. The van der Waals surface area contributed by atoms with Gasteiger partial charge in [0.15, 0.2) is 0 Å². The molecule has 1 aromatic carbocycles. The minimum absolute atomic E-state index is 0.0185. The molecule has 0 radical (unpaired) electrons. The molecule has 0 atom stereocenters. The van der Waals surface area contributed by atoms with Gasteiger partial charge in [-0.2, -0.15) is 0 Å². The molecule has 0 aliphatic rings. The number of thioether (sulfide) groups is 1. The van der Waals surface area contributed by atoms with E-state index in [1.165, 1.54) is 11.8 Å². The van der Waals surface area contributed by atoms with Crippen LogP contribution in [0.1, 0.15) is 26.3 Å². The lowest BCUT2D eigenvalue weighted by Gasteiger charge is -2.17. The van der Waals surface area contributed by atoms with Gasteiger partial charge in [0.1, 0.15) is 0 Å². The molecule has 4 nitrogen and oxygen atoms in total. The summed E-state index contributed by atoms with van der Waals surface area (Å²) in [5, 5.41) is 0.627. The molecule has 0 unspecified atom stereocenters. The van der Waals surface area contributed by atoms with Gasteiger partial charge in [-0.1, -0.05) is 44.5 Å². The van der Waals surface area contributed by atoms with Gasteiger partial charge < -0.3 is 0 Å². The highest BCUT2D eigenvalue weighted by Crippen LogP contribution is 2.22. The number of hydrogen-bond acceptors (Lipinski definition) is 3. The minimum Gasteiger partial charge on any atom is -0.273 e. The Morgan fingerprint density at radius 3 is 2.20 bits per heavy atom. The van der Waals surface area contributed by atoms with Crippen LogP contribution in [-0.4, -0.2) is 22.3 Å². The number of halogens is 1. The highest BCUT2D eigenvalue weighted by atomic mass is 35.5. The fourth-order valence-corrected chi connectivity index (χ4v) is 2.05. The SMILES string of the molecule is CC(C)(C)SCC(=O)NNC(=O)Cc1ccc(Cl)cc1. The summed E-state index contributed by atoms with van der Waals surface area (Å²) in [6.07, 6.45) is 0.198. The third-order valence-corrected chi connectivity index (χ3v) is 3.78. The van der Waals surface area contributed by atoms with Crippen molar-refractivity contribution < 1.29 is 9.59 Å². The summed E-state index contributed by atoms with van der Waals surface area (Å²) in [6, 6.07) is 7.00. The van der Waals surface area contributed by atoms with Crippen LogP contribution in [0.4, 0.5) is 0 Å². The third kappa shape index (κ3) is 7.40. The molecular formula is C14H19ClN2O2S. The van der Waals surface area contributed by atoms with E-state index in [4.69, 9.17) is 11.6 Å². The molecule has 1 rings (SSSR count). The zero-order valence-electron chi connectivity index (χ0n) is 11.8. The Balaban J connectivity index is 2.29. The summed E-state index contributed by atoms with van der Waals surface area (Å²) in [4.78, 5) is 23.2. The Kier molecular flexibility index (Phi) is 6.36. The van der Waals surface area contributed by atoms with Crippen LogP contribution in [-0.2, 0) is 16.0 Å². The number of carbonyl (C=O) groups excluding carboxylic acids is 2. The highest BCUT2D eigenvalue weighted by molar-refractivity contribution is 8.01. The molecule has 0 heterocycles. The second-order valence-corrected chi connectivity index (χ2v) is 7.54. The van der Waals surface area contributed by atoms with Crippen molar-refractivity contribution in [2.45, 2.75) is 31.9 Å². The number of hydrogen-bond donors (Lipinski definition) is 2. The first-order valence-corrected chi connectivity index (χ1v) is 7.59. The molecular weight excluding hydrogens is 296 g/mol. The molecule has 0 aliphatic heterocycles. The van der Waals surface area contributed by atoms with E-state index < -0.39 is 0 Å². The second-order valence-electron chi connectivity index (χ2n) is 5.30. The monoisotopic (exact) mass is 314 g/mol. The van der Waals surface area contributed by atoms with E-state index in [1.807, 2.05) is 20.8 Å². The quantitative estimate of drug-likeness (QED) is 0.840. The van der Waals surface area contributed by atoms with Gasteiger partial charge in [-0.15, -0.1) is 11.8 Å². The number of hydrazine groups is 1. The molecule has 20 heavy (non-hydrogen) atoms. The maximum absolute atomic E-state index is 11.6. The van der Waals surface area contributed by atoms with Crippen molar-refractivity contribution in [1.82, 2.24) is 10.9 Å². The maximum Gasteiger partial charge on any atom is 0.248 e. The molecule has 2 amide bonds. The molecule has 0 spiro atoms. The van der Waals surface area contributed by atoms with Crippen molar-refractivity contribution in [3.8, 4) is 0 Å². The van der Waals surface area contributed by atoms with Crippen molar-refractivity contribution in [3.63, 3.8) is 0 Å².